The van der Waals surface area contributed by atoms with Gasteiger partial charge in [-0.1, -0.05) is 42.5 Å². The lowest BCUT2D eigenvalue weighted by molar-refractivity contribution is 0.306. The van der Waals surface area contributed by atoms with Crippen LogP contribution >= 0.6 is 0 Å². The molecule has 3 rings (SSSR count). The SMILES string of the molecule is NCCC1c2ccccc2COc2ccccc21. The number of benzene rings is 2. The lowest BCUT2D eigenvalue weighted by atomic mass is 9.86. The fraction of sp³-hybridized carbons (Fsp3) is 0.250. The summed E-state index contributed by atoms with van der Waals surface area (Å²) in [6.45, 7) is 1.33. The Morgan fingerprint density at radius 1 is 1.00 bits per heavy atom. The molecule has 0 saturated heterocycles. The van der Waals surface area contributed by atoms with Gasteiger partial charge >= 0.3 is 0 Å². The summed E-state index contributed by atoms with van der Waals surface area (Å²) in [5.41, 5.74) is 9.67. The van der Waals surface area contributed by atoms with Crippen molar-refractivity contribution >= 4 is 0 Å². The monoisotopic (exact) mass is 239 g/mol. The van der Waals surface area contributed by atoms with E-state index in [-0.39, 0.29) is 0 Å². The minimum atomic E-state index is 0.352. The van der Waals surface area contributed by atoms with Crippen molar-refractivity contribution < 1.29 is 4.74 Å². The van der Waals surface area contributed by atoms with Crippen LogP contribution in [0.2, 0.25) is 0 Å². The third-order valence-electron chi connectivity index (χ3n) is 3.56. The van der Waals surface area contributed by atoms with Gasteiger partial charge < -0.3 is 10.5 Å². The van der Waals surface area contributed by atoms with E-state index in [1.165, 1.54) is 16.7 Å². The molecule has 1 unspecified atom stereocenters. The predicted octanol–water partition coefficient (Wildman–Crippen LogP) is 3.06. The number of rotatable bonds is 2. The first-order valence-corrected chi connectivity index (χ1v) is 6.39. The van der Waals surface area contributed by atoms with Crippen molar-refractivity contribution in [3.8, 4) is 5.75 Å². The van der Waals surface area contributed by atoms with Crippen LogP contribution in [0, 0.1) is 0 Å². The molecule has 1 atom stereocenters. The zero-order chi connectivity index (χ0) is 12.4. The molecule has 0 saturated carbocycles. The number of ether oxygens (including phenoxy) is 1. The average molecular weight is 239 g/mol. The second-order valence-corrected chi connectivity index (χ2v) is 4.66. The molecule has 1 heterocycles. The second kappa shape index (κ2) is 4.83. The summed E-state index contributed by atoms with van der Waals surface area (Å²) in [5.74, 6) is 1.34. The Morgan fingerprint density at radius 3 is 2.56 bits per heavy atom. The molecule has 92 valence electrons. The molecule has 18 heavy (non-hydrogen) atoms. The summed E-state index contributed by atoms with van der Waals surface area (Å²) in [4.78, 5) is 0. The summed E-state index contributed by atoms with van der Waals surface area (Å²) < 4.78 is 5.91. The molecule has 2 aromatic rings. The molecular formula is C16H17NO. The number of para-hydroxylation sites is 1. The van der Waals surface area contributed by atoms with E-state index in [1.54, 1.807) is 0 Å². The second-order valence-electron chi connectivity index (χ2n) is 4.66. The molecule has 1 aliphatic heterocycles. The Balaban J connectivity index is 2.15. The summed E-state index contributed by atoms with van der Waals surface area (Å²) >= 11 is 0. The normalized spacial score (nSPS) is 17.3. The van der Waals surface area contributed by atoms with Crippen molar-refractivity contribution in [1.82, 2.24) is 0 Å². The minimum Gasteiger partial charge on any atom is -0.489 e. The molecule has 0 spiro atoms. The van der Waals surface area contributed by atoms with E-state index in [2.05, 4.69) is 36.4 Å². The van der Waals surface area contributed by atoms with Gasteiger partial charge in [-0.05, 0) is 30.2 Å². The lowest BCUT2D eigenvalue weighted by Crippen LogP contribution is -2.09. The third-order valence-corrected chi connectivity index (χ3v) is 3.56. The van der Waals surface area contributed by atoms with Crippen molar-refractivity contribution in [3.05, 3.63) is 65.2 Å². The highest BCUT2D eigenvalue weighted by atomic mass is 16.5. The zero-order valence-corrected chi connectivity index (χ0v) is 10.3. The van der Waals surface area contributed by atoms with Crippen LogP contribution < -0.4 is 10.5 Å². The average Bonchev–Trinajstić information content (AvgIpc) is 2.58. The van der Waals surface area contributed by atoms with Crippen LogP contribution in [0.1, 0.15) is 29.0 Å². The molecule has 2 nitrogen and oxygen atoms in total. The van der Waals surface area contributed by atoms with E-state index in [1.807, 2.05) is 12.1 Å². The maximum atomic E-state index is 5.91. The van der Waals surface area contributed by atoms with Gasteiger partial charge in [0.05, 0.1) is 0 Å². The smallest absolute Gasteiger partial charge is 0.123 e. The Labute approximate surface area is 107 Å². The van der Waals surface area contributed by atoms with E-state index < -0.39 is 0 Å². The highest BCUT2D eigenvalue weighted by molar-refractivity contribution is 5.46. The van der Waals surface area contributed by atoms with Gasteiger partial charge in [0.2, 0.25) is 0 Å². The van der Waals surface area contributed by atoms with Gasteiger partial charge in [0.25, 0.3) is 0 Å². The largest absolute Gasteiger partial charge is 0.489 e. The van der Waals surface area contributed by atoms with Gasteiger partial charge in [-0.25, -0.2) is 0 Å². The van der Waals surface area contributed by atoms with E-state index in [0.29, 0.717) is 19.1 Å². The maximum Gasteiger partial charge on any atom is 0.123 e. The molecule has 2 aromatic carbocycles. The summed E-state index contributed by atoms with van der Waals surface area (Å²) in [6, 6.07) is 16.8. The van der Waals surface area contributed by atoms with Gasteiger partial charge in [-0.2, -0.15) is 0 Å². The maximum absolute atomic E-state index is 5.91. The fourth-order valence-electron chi connectivity index (χ4n) is 2.71. The van der Waals surface area contributed by atoms with Crippen molar-refractivity contribution in [2.75, 3.05) is 6.54 Å². The molecule has 1 aliphatic rings. The first-order chi connectivity index (χ1) is 8.90. The van der Waals surface area contributed by atoms with Crippen LogP contribution in [0.25, 0.3) is 0 Å². The first kappa shape index (κ1) is 11.3. The van der Waals surface area contributed by atoms with Gasteiger partial charge in [0, 0.05) is 11.5 Å². The van der Waals surface area contributed by atoms with Crippen LogP contribution in [-0.4, -0.2) is 6.54 Å². The zero-order valence-electron chi connectivity index (χ0n) is 10.3. The van der Waals surface area contributed by atoms with Crippen LogP contribution in [-0.2, 0) is 6.61 Å². The van der Waals surface area contributed by atoms with Crippen molar-refractivity contribution in [2.45, 2.75) is 18.9 Å². The van der Waals surface area contributed by atoms with Crippen molar-refractivity contribution in [3.63, 3.8) is 0 Å². The molecule has 0 amide bonds. The third kappa shape index (κ3) is 1.89. The molecular weight excluding hydrogens is 222 g/mol. The van der Waals surface area contributed by atoms with Gasteiger partial charge in [-0.3, -0.25) is 0 Å². The highest BCUT2D eigenvalue weighted by Gasteiger charge is 2.23. The van der Waals surface area contributed by atoms with E-state index in [0.717, 1.165) is 12.2 Å². The Morgan fingerprint density at radius 2 is 1.72 bits per heavy atom. The van der Waals surface area contributed by atoms with Crippen molar-refractivity contribution in [2.24, 2.45) is 5.73 Å². The Hall–Kier alpha value is -1.80. The van der Waals surface area contributed by atoms with E-state index in [9.17, 15) is 0 Å². The molecule has 0 bridgehead atoms. The van der Waals surface area contributed by atoms with E-state index >= 15 is 0 Å². The summed E-state index contributed by atoms with van der Waals surface area (Å²) in [5, 5.41) is 0. The standard InChI is InChI=1S/C16H17NO/c17-10-9-14-13-6-2-1-5-12(13)11-18-16-8-4-3-7-15(14)16/h1-8,14H,9-11,17H2. The van der Waals surface area contributed by atoms with Gasteiger partial charge in [0.1, 0.15) is 12.4 Å². The van der Waals surface area contributed by atoms with Crippen LogP contribution in [0.15, 0.2) is 48.5 Å². The Bertz CT molecular complexity index is 503. The number of fused-ring (bicyclic) bond motifs is 2. The first-order valence-electron chi connectivity index (χ1n) is 6.39. The highest BCUT2D eigenvalue weighted by Crippen LogP contribution is 2.38. The van der Waals surface area contributed by atoms with Crippen LogP contribution in [0.5, 0.6) is 5.75 Å². The van der Waals surface area contributed by atoms with Crippen LogP contribution in [0.3, 0.4) is 0 Å². The molecule has 2 N–H and O–H groups in total. The number of hydrogen-bond acceptors (Lipinski definition) is 2. The van der Waals surface area contributed by atoms with Crippen LogP contribution in [0.4, 0.5) is 0 Å². The Kier molecular flexibility index (Phi) is 3.03. The molecule has 0 aliphatic carbocycles. The van der Waals surface area contributed by atoms with Crippen molar-refractivity contribution in [1.29, 1.82) is 0 Å². The molecule has 2 heteroatoms. The summed E-state index contributed by atoms with van der Waals surface area (Å²) in [6.07, 6.45) is 0.956. The van der Waals surface area contributed by atoms with Gasteiger partial charge in [-0.15, -0.1) is 0 Å². The number of nitrogens with two attached hydrogens (primary N) is 1. The molecule has 0 fully saturated rings. The topological polar surface area (TPSA) is 35.2 Å². The fourth-order valence-corrected chi connectivity index (χ4v) is 2.71. The quantitative estimate of drug-likeness (QED) is 0.874. The lowest BCUT2D eigenvalue weighted by Gasteiger charge is -2.17. The van der Waals surface area contributed by atoms with Gasteiger partial charge in [0.15, 0.2) is 0 Å². The van der Waals surface area contributed by atoms with E-state index in [4.69, 9.17) is 10.5 Å². The predicted molar refractivity (Wildman–Crippen MR) is 72.7 cm³/mol. The summed E-state index contributed by atoms with van der Waals surface area (Å²) in [7, 11) is 0. The molecule has 0 radical (unpaired) electrons. The molecule has 0 aromatic heterocycles. The minimum absolute atomic E-state index is 0.352. The number of hydrogen-bond donors (Lipinski definition) is 1.